The number of carbonyl (C=O) groups is 3. The molecule has 0 aliphatic carbocycles. The van der Waals surface area contributed by atoms with Gasteiger partial charge in [-0.3, -0.25) is 19.4 Å². The van der Waals surface area contributed by atoms with Crippen molar-refractivity contribution in [1.82, 2.24) is 10.3 Å². The third kappa shape index (κ3) is 4.66. The Morgan fingerprint density at radius 2 is 1.92 bits per heavy atom. The molecule has 2 N–H and O–H groups in total. The van der Waals surface area contributed by atoms with Crippen LogP contribution in [0, 0.1) is 0 Å². The molecule has 2 rings (SSSR count). The summed E-state index contributed by atoms with van der Waals surface area (Å²) in [6.07, 6.45) is 1.31. The molecule has 2 aromatic rings. The number of anilines is 1. The van der Waals surface area contributed by atoms with E-state index >= 15 is 0 Å². The number of rotatable bonds is 5. The van der Waals surface area contributed by atoms with E-state index in [9.17, 15) is 14.4 Å². The maximum atomic E-state index is 12.0. The summed E-state index contributed by atoms with van der Waals surface area (Å²) in [4.78, 5) is 39.5. The number of amides is 2. The van der Waals surface area contributed by atoms with E-state index in [1.165, 1.54) is 7.11 Å². The Hall–Kier alpha value is -3.16. The van der Waals surface area contributed by atoms with Crippen molar-refractivity contribution in [2.45, 2.75) is 20.0 Å². The standard InChI is InChI=1S/C17H19N3O5/c1-10(2)25-14(21)9-19-16(22)17(23)20-12-6-7-13(24-3)15-11(12)5-4-8-18-15/h4-8,10H,9H2,1-3H3,(H,19,22)(H,20,23). The smallest absolute Gasteiger partial charge is 0.325 e. The van der Waals surface area contributed by atoms with E-state index in [4.69, 9.17) is 9.47 Å². The SMILES string of the molecule is COc1ccc(NC(=O)C(=O)NCC(=O)OC(C)C)c2cccnc12. The van der Waals surface area contributed by atoms with E-state index in [0.717, 1.165) is 0 Å². The Kier molecular flexibility index (Phi) is 5.89. The monoisotopic (exact) mass is 345 g/mol. The zero-order valence-corrected chi connectivity index (χ0v) is 14.2. The molecule has 1 aromatic heterocycles. The van der Waals surface area contributed by atoms with E-state index in [2.05, 4.69) is 15.6 Å². The van der Waals surface area contributed by atoms with Crippen LogP contribution < -0.4 is 15.4 Å². The minimum Gasteiger partial charge on any atom is -0.494 e. The van der Waals surface area contributed by atoms with E-state index in [0.29, 0.717) is 22.3 Å². The second-order valence-electron chi connectivity index (χ2n) is 5.39. The average molecular weight is 345 g/mol. The molecular weight excluding hydrogens is 326 g/mol. The van der Waals surface area contributed by atoms with Gasteiger partial charge in [-0.05, 0) is 38.1 Å². The number of hydrogen-bond donors (Lipinski definition) is 2. The predicted molar refractivity (Wildman–Crippen MR) is 91.2 cm³/mol. The van der Waals surface area contributed by atoms with E-state index in [1.54, 1.807) is 44.3 Å². The second kappa shape index (κ2) is 8.09. The Morgan fingerprint density at radius 1 is 1.16 bits per heavy atom. The predicted octanol–water partition coefficient (Wildman–Crippen LogP) is 1.25. The molecule has 0 bridgehead atoms. The molecule has 132 valence electrons. The van der Waals surface area contributed by atoms with Gasteiger partial charge in [-0.25, -0.2) is 0 Å². The molecule has 0 aliphatic heterocycles. The first-order valence-corrected chi connectivity index (χ1v) is 7.62. The highest BCUT2D eigenvalue weighted by Crippen LogP contribution is 2.29. The van der Waals surface area contributed by atoms with Crippen LogP contribution in [-0.4, -0.2) is 42.5 Å². The quantitative estimate of drug-likeness (QED) is 0.624. The van der Waals surface area contributed by atoms with Gasteiger partial charge in [-0.1, -0.05) is 0 Å². The van der Waals surface area contributed by atoms with Gasteiger partial charge in [0.05, 0.1) is 18.9 Å². The van der Waals surface area contributed by atoms with Crippen molar-refractivity contribution in [1.29, 1.82) is 0 Å². The topological polar surface area (TPSA) is 107 Å². The first-order valence-electron chi connectivity index (χ1n) is 7.62. The number of methoxy groups -OCH3 is 1. The fraction of sp³-hybridized carbons (Fsp3) is 0.294. The number of aromatic nitrogens is 1. The fourth-order valence-corrected chi connectivity index (χ4v) is 2.14. The molecule has 0 spiro atoms. The number of pyridine rings is 1. The number of benzene rings is 1. The van der Waals surface area contributed by atoms with E-state index in [-0.39, 0.29) is 12.6 Å². The van der Waals surface area contributed by atoms with Gasteiger partial charge in [0.2, 0.25) is 0 Å². The third-order valence-electron chi connectivity index (χ3n) is 3.17. The van der Waals surface area contributed by atoms with E-state index in [1.807, 2.05) is 0 Å². The molecule has 1 heterocycles. The van der Waals surface area contributed by atoms with Gasteiger partial charge in [0.15, 0.2) is 0 Å². The Morgan fingerprint density at radius 3 is 2.60 bits per heavy atom. The van der Waals surface area contributed by atoms with Crippen LogP contribution in [0.2, 0.25) is 0 Å². The lowest BCUT2D eigenvalue weighted by Gasteiger charge is -2.11. The molecular formula is C17H19N3O5. The Labute approximate surface area is 144 Å². The van der Waals surface area contributed by atoms with Crippen molar-refractivity contribution in [3.63, 3.8) is 0 Å². The van der Waals surface area contributed by atoms with Crippen molar-refractivity contribution in [3.05, 3.63) is 30.5 Å². The van der Waals surface area contributed by atoms with Gasteiger partial charge in [-0.15, -0.1) is 0 Å². The highest BCUT2D eigenvalue weighted by Gasteiger charge is 2.17. The zero-order chi connectivity index (χ0) is 18.4. The van der Waals surface area contributed by atoms with Gasteiger partial charge in [0.25, 0.3) is 0 Å². The van der Waals surface area contributed by atoms with Gasteiger partial charge in [-0.2, -0.15) is 0 Å². The third-order valence-corrected chi connectivity index (χ3v) is 3.17. The number of esters is 1. The van der Waals surface area contributed by atoms with Crippen LogP contribution in [0.25, 0.3) is 10.9 Å². The zero-order valence-electron chi connectivity index (χ0n) is 14.2. The van der Waals surface area contributed by atoms with Crippen molar-refractivity contribution in [2.24, 2.45) is 0 Å². The second-order valence-corrected chi connectivity index (χ2v) is 5.39. The summed E-state index contributed by atoms with van der Waals surface area (Å²) < 4.78 is 10.1. The largest absolute Gasteiger partial charge is 0.494 e. The minimum absolute atomic E-state index is 0.295. The van der Waals surface area contributed by atoms with Crippen LogP contribution in [0.4, 0.5) is 5.69 Å². The lowest BCUT2D eigenvalue weighted by atomic mass is 10.1. The van der Waals surface area contributed by atoms with E-state index < -0.39 is 17.8 Å². The van der Waals surface area contributed by atoms with Crippen molar-refractivity contribution in [3.8, 4) is 5.75 Å². The Balaban J connectivity index is 2.07. The normalized spacial score (nSPS) is 10.4. The Bertz CT molecular complexity index is 804. The lowest BCUT2D eigenvalue weighted by Crippen LogP contribution is -2.39. The van der Waals surface area contributed by atoms with Crippen LogP contribution >= 0.6 is 0 Å². The summed E-state index contributed by atoms with van der Waals surface area (Å²) in [5.74, 6) is -1.90. The average Bonchev–Trinajstić information content (AvgIpc) is 2.59. The molecule has 8 heteroatoms. The minimum atomic E-state index is -0.937. The fourth-order valence-electron chi connectivity index (χ4n) is 2.14. The molecule has 25 heavy (non-hydrogen) atoms. The molecule has 0 radical (unpaired) electrons. The summed E-state index contributed by atoms with van der Waals surface area (Å²) in [5.41, 5.74) is 0.970. The maximum absolute atomic E-state index is 12.0. The molecule has 0 aliphatic rings. The summed E-state index contributed by atoms with van der Waals surface area (Å²) in [6, 6.07) is 6.71. The maximum Gasteiger partial charge on any atom is 0.325 e. The van der Waals surface area contributed by atoms with Crippen LogP contribution in [0.3, 0.4) is 0 Å². The molecule has 2 amide bonds. The van der Waals surface area contributed by atoms with Crippen LogP contribution in [-0.2, 0) is 19.1 Å². The molecule has 0 saturated carbocycles. The van der Waals surface area contributed by atoms with Gasteiger partial charge in [0, 0.05) is 11.6 Å². The summed E-state index contributed by atoms with van der Waals surface area (Å²) in [5, 5.41) is 5.34. The van der Waals surface area contributed by atoms with Crippen LogP contribution in [0.1, 0.15) is 13.8 Å². The molecule has 1 aromatic carbocycles. The molecule has 0 unspecified atom stereocenters. The number of carbonyl (C=O) groups excluding carboxylic acids is 3. The van der Waals surface area contributed by atoms with Crippen molar-refractivity contribution in [2.75, 3.05) is 19.0 Å². The summed E-state index contributed by atoms with van der Waals surface area (Å²) in [6.45, 7) is 3.00. The first-order chi connectivity index (χ1) is 11.9. The lowest BCUT2D eigenvalue weighted by molar-refractivity contribution is -0.147. The van der Waals surface area contributed by atoms with Gasteiger partial charge in [0.1, 0.15) is 17.8 Å². The van der Waals surface area contributed by atoms with Crippen molar-refractivity contribution < 1.29 is 23.9 Å². The number of nitrogens with one attached hydrogen (secondary N) is 2. The molecule has 0 saturated heterocycles. The number of ether oxygens (including phenoxy) is 2. The van der Waals surface area contributed by atoms with Gasteiger partial charge >= 0.3 is 17.8 Å². The van der Waals surface area contributed by atoms with Gasteiger partial charge < -0.3 is 20.1 Å². The highest BCUT2D eigenvalue weighted by molar-refractivity contribution is 6.40. The molecule has 0 atom stereocenters. The number of nitrogens with zero attached hydrogens (tertiary/aromatic N) is 1. The van der Waals surface area contributed by atoms with Crippen LogP contribution in [0.15, 0.2) is 30.5 Å². The summed E-state index contributed by atoms with van der Waals surface area (Å²) in [7, 11) is 1.52. The molecule has 0 fully saturated rings. The van der Waals surface area contributed by atoms with Crippen molar-refractivity contribution >= 4 is 34.4 Å². The first kappa shape index (κ1) is 18.2. The van der Waals surface area contributed by atoms with Crippen LogP contribution in [0.5, 0.6) is 5.75 Å². The highest BCUT2D eigenvalue weighted by atomic mass is 16.5. The number of fused-ring (bicyclic) bond motifs is 1. The summed E-state index contributed by atoms with van der Waals surface area (Å²) >= 11 is 0. The number of hydrogen-bond acceptors (Lipinski definition) is 6. The molecule has 8 nitrogen and oxygen atoms in total.